The molecule has 1 heterocycles. The van der Waals surface area contributed by atoms with E-state index < -0.39 is 0 Å². The second-order valence-corrected chi connectivity index (χ2v) is 7.48. The molecule has 0 atom stereocenters. The minimum atomic E-state index is -0.337. The van der Waals surface area contributed by atoms with Crippen LogP contribution >= 0.6 is 0 Å². The summed E-state index contributed by atoms with van der Waals surface area (Å²) in [6.07, 6.45) is 1.13. The van der Waals surface area contributed by atoms with E-state index in [9.17, 15) is 14.0 Å². The van der Waals surface area contributed by atoms with E-state index in [2.05, 4.69) is 5.32 Å². The summed E-state index contributed by atoms with van der Waals surface area (Å²) < 4.78 is 18.6. The van der Waals surface area contributed by atoms with Crippen molar-refractivity contribution in [3.05, 3.63) is 59.9 Å². The molecule has 3 rings (SSSR count). The van der Waals surface area contributed by atoms with Crippen LogP contribution in [-0.2, 0) is 9.59 Å². The zero-order chi connectivity index (χ0) is 21.3. The number of rotatable bonds is 8. The van der Waals surface area contributed by atoms with Gasteiger partial charge in [0.05, 0.1) is 13.2 Å². The van der Waals surface area contributed by atoms with Gasteiger partial charge in [-0.05, 0) is 55.3 Å². The Morgan fingerprint density at radius 2 is 1.80 bits per heavy atom. The monoisotopic (exact) mass is 413 g/mol. The Labute approximate surface area is 176 Å². The molecule has 0 spiro atoms. The number of benzene rings is 2. The summed E-state index contributed by atoms with van der Waals surface area (Å²) in [5.74, 6) is 0.471. The normalized spacial score (nSPS) is 14.4. The van der Waals surface area contributed by atoms with Gasteiger partial charge in [0.15, 0.2) is 0 Å². The molecule has 30 heavy (non-hydrogen) atoms. The van der Waals surface area contributed by atoms with Crippen LogP contribution < -0.4 is 10.1 Å². The number of nitrogens with zero attached hydrogens (tertiary/aromatic N) is 2. The van der Waals surface area contributed by atoms with Crippen LogP contribution in [0.15, 0.2) is 48.5 Å². The highest BCUT2D eigenvalue weighted by Gasteiger charge is 2.22. The van der Waals surface area contributed by atoms with Gasteiger partial charge in [-0.2, -0.15) is 0 Å². The van der Waals surface area contributed by atoms with Crippen molar-refractivity contribution >= 4 is 17.5 Å². The van der Waals surface area contributed by atoms with Gasteiger partial charge in [0, 0.05) is 38.3 Å². The third-order valence-electron chi connectivity index (χ3n) is 5.01. The van der Waals surface area contributed by atoms with Crippen molar-refractivity contribution in [2.45, 2.75) is 19.8 Å². The van der Waals surface area contributed by atoms with E-state index in [-0.39, 0.29) is 24.2 Å². The van der Waals surface area contributed by atoms with Crippen LogP contribution in [0.1, 0.15) is 18.4 Å². The van der Waals surface area contributed by atoms with Crippen LogP contribution in [-0.4, -0.2) is 60.9 Å². The Kier molecular flexibility index (Phi) is 7.79. The second kappa shape index (κ2) is 10.7. The number of nitrogens with one attached hydrogen (secondary N) is 1. The summed E-state index contributed by atoms with van der Waals surface area (Å²) in [5.41, 5.74) is 1.72. The summed E-state index contributed by atoms with van der Waals surface area (Å²) in [7, 11) is 0. The molecule has 2 aromatic rings. The third-order valence-corrected chi connectivity index (χ3v) is 5.01. The molecule has 0 unspecified atom stereocenters. The van der Waals surface area contributed by atoms with Crippen LogP contribution in [0.5, 0.6) is 5.75 Å². The minimum absolute atomic E-state index is 0.123. The maximum Gasteiger partial charge on any atom is 0.238 e. The van der Waals surface area contributed by atoms with Crippen LogP contribution in [0.25, 0.3) is 0 Å². The molecule has 160 valence electrons. The number of carbonyl (C=O) groups is 2. The predicted octanol–water partition coefficient (Wildman–Crippen LogP) is 3.08. The van der Waals surface area contributed by atoms with Crippen molar-refractivity contribution in [3.8, 4) is 5.75 Å². The highest BCUT2D eigenvalue weighted by molar-refractivity contribution is 5.92. The van der Waals surface area contributed by atoms with Crippen LogP contribution in [0.4, 0.5) is 10.1 Å². The molecule has 1 fully saturated rings. The van der Waals surface area contributed by atoms with Gasteiger partial charge in [-0.3, -0.25) is 14.5 Å². The van der Waals surface area contributed by atoms with Crippen molar-refractivity contribution in [2.75, 3.05) is 44.6 Å². The van der Waals surface area contributed by atoms with Gasteiger partial charge < -0.3 is 15.0 Å². The number of halogens is 1. The largest absolute Gasteiger partial charge is 0.494 e. The van der Waals surface area contributed by atoms with Gasteiger partial charge in [0.2, 0.25) is 11.8 Å². The zero-order valence-electron chi connectivity index (χ0n) is 17.3. The summed E-state index contributed by atoms with van der Waals surface area (Å²) in [5, 5.41) is 2.76. The Morgan fingerprint density at radius 1 is 1.07 bits per heavy atom. The third kappa shape index (κ3) is 6.84. The fourth-order valence-corrected chi connectivity index (χ4v) is 3.37. The Balaban J connectivity index is 1.31. The lowest BCUT2D eigenvalue weighted by molar-refractivity contribution is -0.133. The first-order valence-corrected chi connectivity index (χ1v) is 10.2. The molecule has 2 amide bonds. The molecule has 0 bridgehead atoms. The zero-order valence-corrected chi connectivity index (χ0v) is 17.3. The van der Waals surface area contributed by atoms with Crippen LogP contribution in [0.2, 0.25) is 0 Å². The molecule has 0 saturated carbocycles. The minimum Gasteiger partial charge on any atom is -0.494 e. The summed E-state index contributed by atoms with van der Waals surface area (Å²) >= 11 is 0. The molecule has 2 aromatic carbocycles. The number of anilines is 1. The average molecular weight is 413 g/mol. The summed E-state index contributed by atoms with van der Waals surface area (Å²) in [6.45, 7) is 5.32. The summed E-state index contributed by atoms with van der Waals surface area (Å²) in [6, 6.07) is 13.6. The molecule has 6 nitrogen and oxygen atoms in total. The Morgan fingerprint density at radius 3 is 2.50 bits per heavy atom. The maximum atomic E-state index is 12.9. The molecule has 0 aromatic heterocycles. The Hall–Kier alpha value is -2.93. The quantitative estimate of drug-likeness (QED) is 0.676. The maximum absolute atomic E-state index is 12.9. The molecule has 7 heteroatoms. The first-order valence-electron chi connectivity index (χ1n) is 10.2. The molecule has 0 radical (unpaired) electrons. The van der Waals surface area contributed by atoms with E-state index >= 15 is 0 Å². The number of piperazine rings is 1. The van der Waals surface area contributed by atoms with Crippen molar-refractivity contribution < 1.29 is 18.7 Å². The van der Waals surface area contributed by atoms with Gasteiger partial charge >= 0.3 is 0 Å². The molecule has 1 N–H and O–H groups in total. The number of hydrogen-bond acceptors (Lipinski definition) is 4. The number of carbonyl (C=O) groups excluding carboxylic acids is 2. The lowest BCUT2D eigenvalue weighted by Crippen LogP contribution is -2.50. The van der Waals surface area contributed by atoms with Crippen LogP contribution in [0.3, 0.4) is 0 Å². The molecule has 1 aliphatic rings. The van der Waals surface area contributed by atoms with Crippen LogP contribution in [0, 0.1) is 12.7 Å². The van der Waals surface area contributed by atoms with E-state index in [1.807, 2.05) is 41.0 Å². The standard InChI is InChI=1S/C23H28FN3O3/c1-18-4-2-5-21(16-18)30-15-3-6-23(29)27-13-11-26(12-14-27)17-22(28)25-20-9-7-19(24)8-10-20/h2,4-5,7-10,16H,3,6,11-15,17H2,1H3,(H,25,28). The second-order valence-electron chi connectivity index (χ2n) is 7.48. The first kappa shape index (κ1) is 21.8. The van der Waals surface area contributed by atoms with E-state index in [0.717, 1.165) is 11.3 Å². The van der Waals surface area contributed by atoms with Gasteiger partial charge in [-0.25, -0.2) is 4.39 Å². The smallest absolute Gasteiger partial charge is 0.238 e. The first-order chi connectivity index (χ1) is 14.5. The van der Waals surface area contributed by atoms with Gasteiger partial charge in [0.25, 0.3) is 0 Å². The van der Waals surface area contributed by atoms with E-state index in [0.29, 0.717) is 51.3 Å². The van der Waals surface area contributed by atoms with Gasteiger partial charge in [-0.15, -0.1) is 0 Å². The van der Waals surface area contributed by atoms with E-state index in [1.54, 1.807) is 0 Å². The summed E-state index contributed by atoms with van der Waals surface area (Å²) in [4.78, 5) is 28.4. The highest BCUT2D eigenvalue weighted by Crippen LogP contribution is 2.13. The van der Waals surface area contributed by atoms with Gasteiger partial charge in [0.1, 0.15) is 11.6 Å². The molecular weight excluding hydrogens is 385 g/mol. The van der Waals surface area contributed by atoms with Crippen molar-refractivity contribution in [3.63, 3.8) is 0 Å². The number of ether oxygens (including phenoxy) is 1. The SMILES string of the molecule is Cc1cccc(OCCCC(=O)N2CCN(CC(=O)Nc3ccc(F)cc3)CC2)c1. The van der Waals surface area contributed by atoms with E-state index in [1.165, 1.54) is 24.3 Å². The Bertz CT molecular complexity index is 849. The van der Waals surface area contributed by atoms with Crippen molar-refractivity contribution in [2.24, 2.45) is 0 Å². The van der Waals surface area contributed by atoms with E-state index in [4.69, 9.17) is 4.74 Å². The fourth-order valence-electron chi connectivity index (χ4n) is 3.37. The fraction of sp³-hybridized carbons (Fsp3) is 0.391. The highest BCUT2D eigenvalue weighted by atomic mass is 19.1. The predicted molar refractivity (Wildman–Crippen MR) is 114 cm³/mol. The van der Waals surface area contributed by atoms with Gasteiger partial charge in [-0.1, -0.05) is 12.1 Å². The average Bonchev–Trinajstić information content (AvgIpc) is 2.73. The van der Waals surface area contributed by atoms with Crippen molar-refractivity contribution in [1.82, 2.24) is 9.80 Å². The van der Waals surface area contributed by atoms with Crippen molar-refractivity contribution in [1.29, 1.82) is 0 Å². The number of hydrogen-bond donors (Lipinski definition) is 1. The number of aryl methyl sites for hydroxylation is 1. The lowest BCUT2D eigenvalue weighted by atomic mass is 10.2. The topological polar surface area (TPSA) is 61.9 Å². The molecule has 1 aliphatic heterocycles. The molecule has 1 saturated heterocycles. The molecular formula is C23H28FN3O3. The number of amides is 2. The lowest BCUT2D eigenvalue weighted by Gasteiger charge is -2.34. The molecule has 0 aliphatic carbocycles.